The van der Waals surface area contributed by atoms with E-state index < -0.39 is 54.6 Å². The molecule has 1 N–H and O–H groups in total. The minimum atomic E-state index is -1.17. The van der Waals surface area contributed by atoms with Gasteiger partial charge in [-0.2, -0.15) is 0 Å². The summed E-state index contributed by atoms with van der Waals surface area (Å²) in [6, 6.07) is -1.04. The third kappa shape index (κ3) is 7.31. The molecular formula is C17H27NO10. The van der Waals surface area contributed by atoms with Gasteiger partial charge in [0, 0.05) is 27.4 Å². The highest BCUT2D eigenvalue weighted by Crippen LogP contribution is 2.28. The first-order chi connectivity index (χ1) is 13.2. The highest BCUT2D eigenvalue weighted by atomic mass is 16.7. The smallest absolute Gasteiger partial charge is 0.407 e. The zero-order valence-electron chi connectivity index (χ0n) is 16.6. The Morgan fingerprint density at radius 3 is 1.96 bits per heavy atom. The number of carbonyl (C=O) groups excluding carboxylic acids is 4. The third-order valence-corrected chi connectivity index (χ3v) is 3.59. The van der Waals surface area contributed by atoms with Gasteiger partial charge >= 0.3 is 24.0 Å². The van der Waals surface area contributed by atoms with E-state index >= 15 is 0 Å². The molecule has 11 heteroatoms. The Labute approximate surface area is 162 Å². The molecule has 1 aliphatic rings. The number of hydrogen-bond acceptors (Lipinski definition) is 10. The lowest BCUT2D eigenvalue weighted by Gasteiger charge is -2.44. The van der Waals surface area contributed by atoms with E-state index in [1.54, 1.807) is 13.8 Å². The summed E-state index contributed by atoms with van der Waals surface area (Å²) >= 11 is 0. The highest BCUT2D eigenvalue weighted by Gasteiger charge is 2.51. The molecule has 0 aromatic rings. The second-order valence-electron chi connectivity index (χ2n) is 5.84. The van der Waals surface area contributed by atoms with E-state index in [4.69, 9.17) is 28.4 Å². The normalized spacial score (nSPS) is 26.7. The molecule has 0 spiro atoms. The van der Waals surface area contributed by atoms with Gasteiger partial charge < -0.3 is 33.7 Å². The monoisotopic (exact) mass is 405 g/mol. The van der Waals surface area contributed by atoms with Crippen molar-refractivity contribution >= 4 is 24.0 Å². The van der Waals surface area contributed by atoms with Crippen LogP contribution in [0.15, 0.2) is 0 Å². The molecule has 0 aromatic carbocycles. The Bertz CT molecular complexity index is 566. The Morgan fingerprint density at radius 1 is 0.857 bits per heavy atom. The number of carbonyl (C=O) groups is 4. The third-order valence-electron chi connectivity index (χ3n) is 3.59. The second-order valence-corrected chi connectivity index (χ2v) is 5.84. The fourth-order valence-electron chi connectivity index (χ4n) is 2.67. The topological polar surface area (TPSA) is 136 Å². The summed E-state index contributed by atoms with van der Waals surface area (Å²) in [5.41, 5.74) is 0. The van der Waals surface area contributed by atoms with Gasteiger partial charge in [-0.15, -0.1) is 0 Å². The van der Waals surface area contributed by atoms with Crippen LogP contribution in [-0.4, -0.2) is 74.5 Å². The molecule has 160 valence electrons. The predicted molar refractivity (Wildman–Crippen MR) is 92.0 cm³/mol. The van der Waals surface area contributed by atoms with E-state index in [0.717, 1.165) is 6.92 Å². The predicted octanol–water partition coefficient (Wildman–Crippen LogP) is 0.289. The quantitative estimate of drug-likeness (QED) is 0.443. The number of esters is 3. The van der Waals surface area contributed by atoms with Crippen molar-refractivity contribution in [3.05, 3.63) is 0 Å². The van der Waals surface area contributed by atoms with Gasteiger partial charge in [0.1, 0.15) is 18.8 Å². The number of amides is 1. The van der Waals surface area contributed by atoms with Gasteiger partial charge in [-0.3, -0.25) is 14.4 Å². The maximum absolute atomic E-state index is 12.0. The Hall–Kier alpha value is -2.40. The molecule has 1 heterocycles. The molecule has 0 radical (unpaired) electrons. The first-order valence-electron chi connectivity index (χ1n) is 8.87. The van der Waals surface area contributed by atoms with Crippen molar-refractivity contribution in [3.63, 3.8) is 0 Å². The van der Waals surface area contributed by atoms with E-state index in [1.807, 2.05) is 0 Å². The largest absolute Gasteiger partial charge is 0.463 e. The average Bonchev–Trinajstić information content (AvgIpc) is 2.58. The van der Waals surface area contributed by atoms with Gasteiger partial charge in [0.2, 0.25) is 0 Å². The van der Waals surface area contributed by atoms with Crippen LogP contribution >= 0.6 is 0 Å². The van der Waals surface area contributed by atoms with E-state index in [0.29, 0.717) is 0 Å². The number of rotatable bonds is 8. The molecule has 1 rings (SSSR count). The summed E-state index contributed by atoms with van der Waals surface area (Å²) in [5.74, 6) is -1.93. The molecule has 0 unspecified atom stereocenters. The van der Waals surface area contributed by atoms with E-state index in [1.165, 1.54) is 13.8 Å². The first kappa shape index (κ1) is 23.6. The zero-order chi connectivity index (χ0) is 21.3. The van der Waals surface area contributed by atoms with Crippen molar-refractivity contribution in [2.75, 3.05) is 19.8 Å². The molecule has 0 saturated carbocycles. The lowest BCUT2D eigenvalue weighted by atomic mass is 9.96. The van der Waals surface area contributed by atoms with Gasteiger partial charge in [0.25, 0.3) is 0 Å². The maximum Gasteiger partial charge on any atom is 0.407 e. The first-order valence-corrected chi connectivity index (χ1v) is 8.87. The standard InChI is InChI=1S/C17H27NO10/c1-6-23-16-13(18-17(22)24-7-2)15(27-11(5)21)14(26-10(4)20)12(28-16)8-25-9(3)19/h12-16H,6-8H2,1-5H3,(H,18,22)/t12-,13+,14-,15-,16-/m0/s1. The summed E-state index contributed by atoms with van der Waals surface area (Å²) in [6.45, 7) is 6.90. The van der Waals surface area contributed by atoms with Crippen LogP contribution < -0.4 is 5.32 Å². The van der Waals surface area contributed by atoms with Crippen LogP contribution in [0.25, 0.3) is 0 Å². The molecular weight excluding hydrogens is 378 g/mol. The Balaban J connectivity index is 3.23. The van der Waals surface area contributed by atoms with Crippen LogP contribution in [0, 0.1) is 0 Å². The van der Waals surface area contributed by atoms with Crippen molar-refractivity contribution < 1.29 is 47.6 Å². The summed E-state index contributed by atoms with van der Waals surface area (Å²) < 4.78 is 31.7. The van der Waals surface area contributed by atoms with Gasteiger partial charge in [-0.05, 0) is 13.8 Å². The van der Waals surface area contributed by atoms with E-state index in [2.05, 4.69) is 5.32 Å². The molecule has 5 atom stereocenters. The van der Waals surface area contributed by atoms with Crippen LogP contribution in [0.2, 0.25) is 0 Å². The number of hydrogen-bond donors (Lipinski definition) is 1. The molecule has 1 fully saturated rings. The number of alkyl carbamates (subject to hydrolysis) is 1. The summed E-state index contributed by atoms with van der Waals surface area (Å²) in [4.78, 5) is 46.4. The molecule has 1 saturated heterocycles. The zero-order valence-corrected chi connectivity index (χ0v) is 16.6. The minimum Gasteiger partial charge on any atom is -0.463 e. The Kier molecular flexibility index (Phi) is 9.66. The van der Waals surface area contributed by atoms with Crippen LogP contribution in [-0.2, 0) is 42.8 Å². The fraction of sp³-hybridized carbons (Fsp3) is 0.765. The lowest BCUT2D eigenvalue weighted by Crippen LogP contribution is -2.66. The van der Waals surface area contributed by atoms with Gasteiger partial charge in [-0.25, -0.2) is 4.79 Å². The van der Waals surface area contributed by atoms with Crippen LogP contribution in [0.3, 0.4) is 0 Å². The summed E-state index contributed by atoms with van der Waals surface area (Å²) in [7, 11) is 0. The lowest BCUT2D eigenvalue weighted by molar-refractivity contribution is -0.276. The molecule has 0 aliphatic carbocycles. The van der Waals surface area contributed by atoms with Crippen LogP contribution in [0.4, 0.5) is 4.79 Å². The summed E-state index contributed by atoms with van der Waals surface area (Å²) in [6.07, 6.45) is -5.20. The van der Waals surface area contributed by atoms with E-state index in [9.17, 15) is 19.2 Å². The van der Waals surface area contributed by atoms with Gasteiger partial charge in [0.15, 0.2) is 18.5 Å². The number of ether oxygens (including phenoxy) is 6. The van der Waals surface area contributed by atoms with Crippen molar-refractivity contribution in [2.45, 2.75) is 65.3 Å². The molecule has 11 nitrogen and oxygen atoms in total. The molecule has 0 aromatic heterocycles. The van der Waals surface area contributed by atoms with Gasteiger partial charge in [-0.1, -0.05) is 0 Å². The summed E-state index contributed by atoms with van der Waals surface area (Å²) in [5, 5.41) is 2.51. The van der Waals surface area contributed by atoms with Gasteiger partial charge in [0.05, 0.1) is 6.61 Å². The van der Waals surface area contributed by atoms with Crippen LogP contribution in [0.5, 0.6) is 0 Å². The SMILES string of the molecule is CCOC(=O)N[C@H]1[C@@H](OCC)O[C@@H](COC(C)=O)[C@H](OC(C)=O)[C@H]1OC(C)=O. The molecule has 0 bridgehead atoms. The molecule has 1 aliphatic heterocycles. The fourth-order valence-corrected chi connectivity index (χ4v) is 2.67. The highest BCUT2D eigenvalue weighted by molar-refractivity contribution is 5.69. The van der Waals surface area contributed by atoms with Crippen molar-refractivity contribution in [1.82, 2.24) is 5.32 Å². The van der Waals surface area contributed by atoms with E-state index in [-0.39, 0.29) is 19.8 Å². The number of nitrogens with one attached hydrogen (secondary N) is 1. The van der Waals surface area contributed by atoms with Crippen molar-refractivity contribution in [1.29, 1.82) is 0 Å². The van der Waals surface area contributed by atoms with Crippen molar-refractivity contribution in [3.8, 4) is 0 Å². The Morgan fingerprint density at radius 2 is 1.46 bits per heavy atom. The second kappa shape index (κ2) is 11.4. The van der Waals surface area contributed by atoms with Crippen molar-refractivity contribution in [2.24, 2.45) is 0 Å². The molecule has 1 amide bonds. The minimum absolute atomic E-state index is 0.111. The van der Waals surface area contributed by atoms with Crippen LogP contribution in [0.1, 0.15) is 34.6 Å². The molecule has 28 heavy (non-hydrogen) atoms. The maximum atomic E-state index is 12.0. The average molecular weight is 405 g/mol.